The van der Waals surface area contributed by atoms with Crippen LogP contribution in [0.25, 0.3) is 6.08 Å². The van der Waals surface area contributed by atoms with Gasteiger partial charge in [-0.3, -0.25) is 0 Å². The molecule has 0 fully saturated rings. The Morgan fingerprint density at radius 1 is 1.46 bits per heavy atom. The third kappa shape index (κ3) is 3.15. The summed E-state index contributed by atoms with van der Waals surface area (Å²) in [5.74, 6) is 0.887. The quantitative estimate of drug-likeness (QED) is 0.560. The Morgan fingerprint density at radius 3 is 2.92 bits per heavy atom. The Balaban J connectivity index is 2.81. The van der Waals surface area contributed by atoms with Crippen LogP contribution in [0.4, 0.5) is 5.69 Å². The summed E-state index contributed by atoms with van der Waals surface area (Å²) in [4.78, 5) is 0. The molecule has 0 aromatic heterocycles. The van der Waals surface area contributed by atoms with Gasteiger partial charge < -0.3 is 5.73 Å². The second-order valence-corrected chi connectivity index (χ2v) is 3.48. The molecule has 0 bridgehead atoms. The van der Waals surface area contributed by atoms with Gasteiger partial charge in [0.1, 0.15) is 0 Å². The zero-order chi connectivity index (χ0) is 9.68. The third-order valence-corrected chi connectivity index (χ3v) is 2.15. The second kappa shape index (κ2) is 4.97. The third-order valence-electron chi connectivity index (χ3n) is 1.90. The number of aryl methyl sites for hydroxylation is 1. The van der Waals surface area contributed by atoms with Crippen LogP contribution >= 0.6 is 12.6 Å². The average molecular weight is 193 g/mol. The lowest BCUT2D eigenvalue weighted by Crippen LogP contribution is -1.87. The maximum atomic E-state index is 5.68. The molecule has 0 heterocycles. The molecule has 0 aliphatic heterocycles. The van der Waals surface area contributed by atoms with Crippen LogP contribution in [0, 0.1) is 6.92 Å². The number of rotatable bonds is 3. The summed E-state index contributed by atoms with van der Waals surface area (Å²) in [5.41, 5.74) is 8.95. The van der Waals surface area contributed by atoms with Crippen molar-refractivity contribution in [3.05, 3.63) is 35.4 Å². The first-order chi connectivity index (χ1) is 6.24. The number of nitrogen functional groups attached to an aromatic ring is 1. The average Bonchev–Trinajstić information content (AvgIpc) is 2.11. The monoisotopic (exact) mass is 193 g/mol. The number of allylic oxidation sites excluding steroid dienone is 1. The van der Waals surface area contributed by atoms with Crippen molar-refractivity contribution in [2.75, 3.05) is 11.5 Å². The molecule has 0 unspecified atom stereocenters. The molecule has 0 amide bonds. The molecule has 0 radical (unpaired) electrons. The Labute approximate surface area is 85.1 Å². The largest absolute Gasteiger partial charge is 0.399 e. The summed E-state index contributed by atoms with van der Waals surface area (Å²) >= 11 is 4.14. The number of benzene rings is 1. The zero-order valence-electron chi connectivity index (χ0n) is 7.83. The fourth-order valence-electron chi connectivity index (χ4n) is 1.12. The van der Waals surface area contributed by atoms with Crippen LogP contribution in [-0.4, -0.2) is 5.75 Å². The van der Waals surface area contributed by atoms with Gasteiger partial charge in [-0.05, 0) is 42.4 Å². The molecule has 0 atom stereocenters. The SMILES string of the molecule is Cc1ccc(N)cc1C=CCCS. The minimum atomic E-state index is 0.816. The van der Waals surface area contributed by atoms with Crippen LogP contribution in [0.15, 0.2) is 24.3 Å². The van der Waals surface area contributed by atoms with Gasteiger partial charge in [-0.1, -0.05) is 18.2 Å². The number of thiol groups is 1. The molecule has 0 aliphatic carbocycles. The molecule has 0 aliphatic rings. The Morgan fingerprint density at radius 2 is 2.23 bits per heavy atom. The fraction of sp³-hybridized carbons (Fsp3) is 0.273. The summed E-state index contributed by atoms with van der Waals surface area (Å²) in [6.07, 6.45) is 5.22. The molecule has 2 heteroatoms. The van der Waals surface area contributed by atoms with Gasteiger partial charge in [0.15, 0.2) is 0 Å². The van der Waals surface area contributed by atoms with Gasteiger partial charge >= 0.3 is 0 Å². The zero-order valence-corrected chi connectivity index (χ0v) is 8.72. The first-order valence-electron chi connectivity index (χ1n) is 4.37. The Kier molecular flexibility index (Phi) is 3.90. The highest BCUT2D eigenvalue weighted by atomic mass is 32.1. The number of nitrogens with two attached hydrogens (primary N) is 1. The van der Waals surface area contributed by atoms with Crippen molar-refractivity contribution < 1.29 is 0 Å². The van der Waals surface area contributed by atoms with E-state index in [-0.39, 0.29) is 0 Å². The van der Waals surface area contributed by atoms with Crippen molar-refractivity contribution in [2.45, 2.75) is 13.3 Å². The first-order valence-corrected chi connectivity index (χ1v) is 5.01. The normalized spacial score (nSPS) is 10.9. The van der Waals surface area contributed by atoms with E-state index in [9.17, 15) is 0 Å². The maximum absolute atomic E-state index is 5.68. The van der Waals surface area contributed by atoms with Crippen molar-refractivity contribution in [1.29, 1.82) is 0 Å². The fourth-order valence-corrected chi connectivity index (χ4v) is 1.27. The Hall–Kier alpha value is -0.890. The second-order valence-electron chi connectivity index (χ2n) is 3.03. The van der Waals surface area contributed by atoms with E-state index in [0.717, 1.165) is 17.9 Å². The van der Waals surface area contributed by atoms with Gasteiger partial charge in [-0.2, -0.15) is 12.6 Å². The molecule has 0 spiro atoms. The van der Waals surface area contributed by atoms with Crippen LogP contribution in [0.5, 0.6) is 0 Å². The predicted molar refractivity (Wildman–Crippen MR) is 63.1 cm³/mol. The highest BCUT2D eigenvalue weighted by Crippen LogP contribution is 2.14. The smallest absolute Gasteiger partial charge is 0.0320 e. The van der Waals surface area contributed by atoms with Gasteiger partial charge in [0, 0.05) is 5.69 Å². The molecule has 13 heavy (non-hydrogen) atoms. The van der Waals surface area contributed by atoms with Gasteiger partial charge in [0.25, 0.3) is 0 Å². The molecule has 70 valence electrons. The summed E-state index contributed by atoms with van der Waals surface area (Å²) in [6, 6.07) is 5.95. The molecular formula is C11H15NS. The lowest BCUT2D eigenvalue weighted by Gasteiger charge is -2.01. The van der Waals surface area contributed by atoms with Crippen LogP contribution in [-0.2, 0) is 0 Å². The molecule has 1 aromatic carbocycles. The van der Waals surface area contributed by atoms with E-state index in [0.29, 0.717) is 0 Å². The van der Waals surface area contributed by atoms with Gasteiger partial charge in [0.05, 0.1) is 0 Å². The van der Waals surface area contributed by atoms with E-state index in [1.54, 1.807) is 0 Å². The molecule has 1 nitrogen and oxygen atoms in total. The lowest BCUT2D eigenvalue weighted by molar-refractivity contribution is 1.26. The van der Waals surface area contributed by atoms with Gasteiger partial charge in [0.2, 0.25) is 0 Å². The van der Waals surface area contributed by atoms with Crippen LogP contribution < -0.4 is 5.73 Å². The van der Waals surface area contributed by atoms with Crippen LogP contribution in [0.3, 0.4) is 0 Å². The van der Waals surface area contributed by atoms with E-state index in [2.05, 4.69) is 31.7 Å². The number of hydrogen-bond donors (Lipinski definition) is 2. The number of hydrogen-bond acceptors (Lipinski definition) is 2. The van der Waals surface area contributed by atoms with Crippen molar-refractivity contribution in [3.8, 4) is 0 Å². The summed E-state index contributed by atoms with van der Waals surface area (Å²) in [6.45, 7) is 2.08. The summed E-state index contributed by atoms with van der Waals surface area (Å²) in [5, 5.41) is 0. The van der Waals surface area contributed by atoms with Crippen molar-refractivity contribution >= 4 is 24.4 Å². The lowest BCUT2D eigenvalue weighted by atomic mass is 10.1. The molecule has 1 aromatic rings. The van der Waals surface area contributed by atoms with Gasteiger partial charge in [-0.25, -0.2) is 0 Å². The van der Waals surface area contributed by atoms with E-state index >= 15 is 0 Å². The molecular weight excluding hydrogens is 178 g/mol. The van der Waals surface area contributed by atoms with Crippen molar-refractivity contribution in [2.24, 2.45) is 0 Å². The molecule has 0 saturated heterocycles. The van der Waals surface area contributed by atoms with Crippen molar-refractivity contribution in [1.82, 2.24) is 0 Å². The van der Waals surface area contributed by atoms with Crippen molar-refractivity contribution in [3.63, 3.8) is 0 Å². The van der Waals surface area contributed by atoms with E-state index in [1.165, 1.54) is 11.1 Å². The highest BCUT2D eigenvalue weighted by Gasteiger charge is 1.93. The topological polar surface area (TPSA) is 26.0 Å². The van der Waals surface area contributed by atoms with Gasteiger partial charge in [-0.15, -0.1) is 0 Å². The first kappa shape index (κ1) is 10.2. The minimum absolute atomic E-state index is 0.816. The standard InChI is InChI=1S/C11H15NS/c1-9-5-6-11(12)8-10(9)4-2-3-7-13/h2,4-6,8,13H,3,7,12H2,1H3. The van der Waals surface area contributed by atoms with Crippen LogP contribution in [0.1, 0.15) is 17.5 Å². The molecule has 2 N–H and O–H groups in total. The van der Waals surface area contributed by atoms with Crippen LogP contribution in [0.2, 0.25) is 0 Å². The highest BCUT2D eigenvalue weighted by molar-refractivity contribution is 7.80. The van der Waals surface area contributed by atoms with E-state index in [4.69, 9.17) is 5.73 Å². The summed E-state index contributed by atoms with van der Waals surface area (Å²) < 4.78 is 0. The summed E-state index contributed by atoms with van der Waals surface area (Å²) in [7, 11) is 0. The molecule has 1 rings (SSSR count). The maximum Gasteiger partial charge on any atom is 0.0320 e. The van der Waals surface area contributed by atoms with E-state index in [1.807, 2.05) is 18.2 Å². The minimum Gasteiger partial charge on any atom is -0.399 e. The predicted octanol–water partition coefficient (Wildman–Crippen LogP) is 2.91. The Bertz CT molecular complexity index is 305. The molecule has 0 saturated carbocycles. The number of anilines is 1. The van der Waals surface area contributed by atoms with E-state index < -0.39 is 0 Å².